The van der Waals surface area contributed by atoms with E-state index < -0.39 is 0 Å². The first kappa shape index (κ1) is 16.3. The first-order valence-corrected chi connectivity index (χ1v) is 8.39. The van der Waals surface area contributed by atoms with Gasteiger partial charge < -0.3 is 15.1 Å². The molecule has 3 rings (SSSR count). The van der Waals surface area contributed by atoms with E-state index in [1.165, 1.54) is 5.56 Å². The average molecular weight is 324 g/mol. The van der Waals surface area contributed by atoms with E-state index in [2.05, 4.69) is 46.4 Å². The van der Waals surface area contributed by atoms with Crippen molar-refractivity contribution in [2.24, 2.45) is 0 Å². The first-order chi connectivity index (χ1) is 11.6. The number of benzene rings is 1. The topological polar surface area (TPSA) is 48.5 Å². The molecular weight excluding hydrogens is 300 g/mol. The number of hydrogen-bond donors (Lipinski definition) is 1. The molecule has 2 heterocycles. The van der Waals surface area contributed by atoms with Crippen molar-refractivity contribution in [3.05, 3.63) is 59.3 Å². The van der Waals surface area contributed by atoms with Gasteiger partial charge in [0.15, 0.2) is 0 Å². The van der Waals surface area contributed by atoms with Crippen LogP contribution in [0, 0.1) is 13.8 Å². The van der Waals surface area contributed by atoms with Gasteiger partial charge >= 0.3 is 6.03 Å². The normalized spacial score (nSPS) is 14.6. The van der Waals surface area contributed by atoms with Crippen LogP contribution in [-0.4, -0.2) is 42.1 Å². The molecule has 5 nitrogen and oxygen atoms in total. The van der Waals surface area contributed by atoms with Crippen molar-refractivity contribution in [2.45, 2.75) is 20.4 Å². The third kappa shape index (κ3) is 4.04. The molecule has 1 aromatic heterocycles. The summed E-state index contributed by atoms with van der Waals surface area (Å²) < 4.78 is 0. The van der Waals surface area contributed by atoms with E-state index in [0.29, 0.717) is 6.54 Å². The molecule has 1 aliphatic heterocycles. The summed E-state index contributed by atoms with van der Waals surface area (Å²) in [5.41, 5.74) is 3.37. The minimum Gasteiger partial charge on any atom is -0.353 e. The Morgan fingerprint density at radius 3 is 2.42 bits per heavy atom. The molecule has 0 unspecified atom stereocenters. The second kappa shape index (κ2) is 7.34. The van der Waals surface area contributed by atoms with Crippen LogP contribution in [0.15, 0.2) is 42.5 Å². The fourth-order valence-corrected chi connectivity index (χ4v) is 2.84. The van der Waals surface area contributed by atoms with Crippen LogP contribution < -0.4 is 10.2 Å². The molecule has 1 saturated heterocycles. The van der Waals surface area contributed by atoms with Crippen molar-refractivity contribution in [3.8, 4) is 0 Å². The minimum absolute atomic E-state index is 0.00688. The maximum atomic E-state index is 12.3. The molecule has 126 valence electrons. The number of carbonyl (C=O) groups is 1. The Labute approximate surface area is 143 Å². The zero-order chi connectivity index (χ0) is 16.9. The van der Waals surface area contributed by atoms with Crippen LogP contribution in [-0.2, 0) is 6.54 Å². The summed E-state index contributed by atoms with van der Waals surface area (Å²) in [7, 11) is 0. The quantitative estimate of drug-likeness (QED) is 0.944. The molecule has 0 spiro atoms. The SMILES string of the molecule is Cc1ccc(CNC(=O)N2CCN(c3cccc(C)n3)CC2)cc1. The van der Waals surface area contributed by atoms with Crippen molar-refractivity contribution < 1.29 is 4.79 Å². The Morgan fingerprint density at radius 2 is 1.75 bits per heavy atom. The van der Waals surface area contributed by atoms with Gasteiger partial charge in [-0.25, -0.2) is 9.78 Å². The molecule has 1 aromatic carbocycles. The van der Waals surface area contributed by atoms with Crippen molar-refractivity contribution in [2.75, 3.05) is 31.1 Å². The smallest absolute Gasteiger partial charge is 0.317 e. The van der Waals surface area contributed by atoms with E-state index in [1.54, 1.807) is 0 Å². The number of piperazine rings is 1. The lowest BCUT2D eigenvalue weighted by atomic mass is 10.1. The Bertz CT molecular complexity index is 691. The van der Waals surface area contributed by atoms with Crippen molar-refractivity contribution in [1.82, 2.24) is 15.2 Å². The number of nitrogens with zero attached hydrogens (tertiary/aromatic N) is 3. The van der Waals surface area contributed by atoms with Gasteiger partial charge in [-0.1, -0.05) is 35.9 Å². The molecule has 1 N–H and O–H groups in total. The Morgan fingerprint density at radius 1 is 1.04 bits per heavy atom. The van der Waals surface area contributed by atoms with Gasteiger partial charge in [-0.15, -0.1) is 0 Å². The lowest BCUT2D eigenvalue weighted by Gasteiger charge is -2.35. The van der Waals surface area contributed by atoms with E-state index in [1.807, 2.05) is 30.0 Å². The molecule has 0 aliphatic carbocycles. The summed E-state index contributed by atoms with van der Waals surface area (Å²) in [5, 5.41) is 3.00. The number of urea groups is 1. The molecule has 1 fully saturated rings. The first-order valence-electron chi connectivity index (χ1n) is 8.39. The van der Waals surface area contributed by atoms with E-state index in [-0.39, 0.29) is 6.03 Å². The summed E-state index contributed by atoms with van der Waals surface area (Å²) >= 11 is 0. The van der Waals surface area contributed by atoms with Gasteiger partial charge in [0, 0.05) is 38.4 Å². The lowest BCUT2D eigenvalue weighted by Crippen LogP contribution is -2.51. The fourth-order valence-electron chi connectivity index (χ4n) is 2.84. The van der Waals surface area contributed by atoms with Gasteiger partial charge in [0.1, 0.15) is 5.82 Å². The lowest BCUT2D eigenvalue weighted by molar-refractivity contribution is 0.194. The van der Waals surface area contributed by atoms with Gasteiger partial charge in [-0.05, 0) is 31.5 Å². The van der Waals surface area contributed by atoms with E-state index >= 15 is 0 Å². The van der Waals surface area contributed by atoms with Gasteiger partial charge in [-0.3, -0.25) is 0 Å². The third-order valence-electron chi connectivity index (χ3n) is 4.33. The number of aryl methyl sites for hydroxylation is 2. The number of aromatic nitrogens is 1. The number of nitrogens with one attached hydrogen (secondary N) is 1. The van der Waals surface area contributed by atoms with E-state index in [0.717, 1.165) is 43.3 Å². The van der Waals surface area contributed by atoms with Crippen molar-refractivity contribution in [1.29, 1.82) is 0 Å². The minimum atomic E-state index is 0.00688. The van der Waals surface area contributed by atoms with Crippen LogP contribution in [0.2, 0.25) is 0 Å². The molecule has 0 saturated carbocycles. The largest absolute Gasteiger partial charge is 0.353 e. The van der Waals surface area contributed by atoms with Crippen LogP contribution in [0.25, 0.3) is 0 Å². The predicted molar refractivity (Wildman–Crippen MR) is 96.2 cm³/mol. The molecule has 5 heteroatoms. The van der Waals surface area contributed by atoms with Crippen LogP contribution in [0.5, 0.6) is 0 Å². The molecule has 2 aromatic rings. The number of pyridine rings is 1. The number of carbonyl (C=O) groups excluding carboxylic acids is 1. The zero-order valence-corrected chi connectivity index (χ0v) is 14.3. The highest BCUT2D eigenvalue weighted by atomic mass is 16.2. The second-order valence-corrected chi connectivity index (χ2v) is 6.26. The fraction of sp³-hybridized carbons (Fsp3) is 0.368. The molecular formula is C19H24N4O. The van der Waals surface area contributed by atoms with E-state index in [4.69, 9.17) is 0 Å². The molecule has 0 atom stereocenters. The summed E-state index contributed by atoms with van der Waals surface area (Å²) in [4.78, 5) is 21.0. The highest BCUT2D eigenvalue weighted by Gasteiger charge is 2.21. The maximum Gasteiger partial charge on any atom is 0.317 e. The third-order valence-corrected chi connectivity index (χ3v) is 4.33. The van der Waals surface area contributed by atoms with Gasteiger partial charge in [0.25, 0.3) is 0 Å². The molecule has 24 heavy (non-hydrogen) atoms. The Kier molecular flexibility index (Phi) is 4.99. The Balaban J connectivity index is 1.49. The van der Waals surface area contributed by atoms with E-state index in [9.17, 15) is 4.79 Å². The second-order valence-electron chi connectivity index (χ2n) is 6.26. The number of rotatable bonds is 3. The highest BCUT2D eigenvalue weighted by molar-refractivity contribution is 5.74. The van der Waals surface area contributed by atoms with Crippen LogP contribution in [0.1, 0.15) is 16.8 Å². The monoisotopic (exact) mass is 324 g/mol. The summed E-state index contributed by atoms with van der Waals surface area (Å²) in [6.45, 7) is 7.69. The highest BCUT2D eigenvalue weighted by Crippen LogP contribution is 2.14. The Hall–Kier alpha value is -2.56. The van der Waals surface area contributed by atoms with Crippen molar-refractivity contribution >= 4 is 11.8 Å². The number of hydrogen-bond acceptors (Lipinski definition) is 3. The summed E-state index contributed by atoms with van der Waals surface area (Å²) in [5.74, 6) is 0.995. The summed E-state index contributed by atoms with van der Waals surface area (Å²) in [6.07, 6.45) is 0. The average Bonchev–Trinajstić information content (AvgIpc) is 2.61. The van der Waals surface area contributed by atoms with Crippen LogP contribution in [0.3, 0.4) is 0 Å². The van der Waals surface area contributed by atoms with Gasteiger partial charge in [-0.2, -0.15) is 0 Å². The number of anilines is 1. The molecule has 1 aliphatic rings. The molecule has 0 radical (unpaired) electrons. The standard InChI is InChI=1S/C19H24N4O/c1-15-6-8-17(9-7-15)14-20-19(24)23-12-10-22(11-13-23)18-5-3-4-16(2)21-18/h3-9H,10-14H2,1-2H3,(H,20,24). The molecule has 0 bridgehead atoms. The zero-order valence-electron chi connectivity index (χ0n) is 14.3. The maximum absolute atomic E-state index is 12.3. The van der Waals surface area contributed by atoms with Crippen molar-refractivity contribution in [3.63, 3.8) is 0 Å². The molecule has 2 amide bonds. The predicted octanol–water partition coefficient (Wildman–Crippen LogP) is 2.73. The van der Waals surface area contributed by atoms with Gasteiger partial charge in [0.05, 0.1) is 0 Å². The number of amides is 2. The van der Waals surface area contributed by atoms with Crippen LogP contribution >= 0.6 is 0 Å². The van der Waals surface area contributed by atoms with Crippen LogP contribution in [0.4, 0.5) is 10.6 Å². The van der Waals surface area contributed by atoms with Gasteiger partial charge in [0.2, 0.25) is 0 Å². The summed E-state index contributed by atoms with van der Waals surface area (Å²) in [6, 6.07) is 14.3.